The summed E-state index contributed by atoms with van der Waals surface area (Å²) in [5.74, 6) is 1.66. The highest BCUT2D eigenvalue weighted by Crippen LogP contribution is 2.34. The van der Waals surface area contributed by atoms with Gasteiger partial charge in [-0.1, -0.05) is 12.1 Å². The number of ether oxygens (including phenoxy) is 1. The fourth-order valence-corrected chi connectivity index (χ4v) is 4.12. The van der Waals surface area contributed by atoms with Crippen molar-refractivity contribution in [2.45, 2.75) is 31.6 Å². The summed E-state index contributed by atoms with van der Waals surface area (Å²) in [6.45, 7) is 3.25. The average Bonchev–Trinajstić information content (AvgIpc) is 3.12. The molecule has 0 atom stereocenters. The molecule has 2 aliphatic heterocycles. The Morgan fingerprint density at radius 3 is 2.68 bits per heavy atom. The van der Waals surface area contributed by atoms with E-state index < -0.39 is 5.41 Å². The lowest BCUT2D eigenvalue weighted by molar-refractivity contribution is -0.148. The number of nitrogens with one attached hydrogen (secondary N) is 1. The Morgan fingerprint density at radius 1 is 1.28 bits per heavy atom. The Balaban J connectivity index is 1.43. The van der Waals surface area contributed by atoms with Gasteiger partial charge in [0, 0.05) is 38.8 Å². The van der Waals surface area contributed by atoms with Crippen molar-refractivity contribution in [1.29, 1.82) is 0 Å². The third kappa shape index (κ3) is 3.04. The fraction of sp³-hybridized carbons (Fsp3) is 0.579. The molecule has 0 radical (unpaired) electrons. The van der Waals surface area contributed by atoms with E-state index >= 15 is 0 Å². The van der Waals surface area contributed by atoms with Gasteiger partial charge in [0.1, 0.15) is 5.82 Å². The summed E-state index contributed by atoms with van der Waals surface area (Å²) >= 11 is 0. The molecule has 0 saturated carbocycles. The van der Waals surface area contributed by atoms with E-state index in [1.807, 2.05) is 23.1 Å². The van der Waals surface area contributed by atoms with Crippen molar-refractivity contribution in [2.75, 3.05) is 32.8 Å². The number of aromatic amines is 1. The zero-order valence-electron chi connectivity index (χ0n) is 14.5. The van der Waals surface area contributed by atoms with Crippen molar-refractivity contribution in [1.82, 2.24) is 14.9 Å². The molecule has 2 fully saturated rings. The smallest absolute Gasteiger partial charge is 0.230 e. The number of piperidine rings is 1. The topological polar surface area (TPSA) is 84.2 Å². The van der Waals surface area contributed by atoms with Crippen molar-refractivity contribution >= 4 is 16.9 Å². The van der Waals surface area contributed by atoms with E-state index in [2.05, 4.69) is 11.1 Å². The van der Waals surface area contributed by atoms with Crippen LogP contribution in [0.25, 0.3) is 11.0 Å². The van der Waals surface area contributed by atoms with E-state index in [1.54, 1.807) is 0 Å². The molecule has 2 aliphatic rings. The highest BCUT2D eigenvalue weighted by atomic mass is 16.5. The number of carbonyl (C=O) groups excluding carboxylic acids is 1. The molecule has 1 aromatic heterocycles. The van der Waals surface area contributed by atoms with Gasteiger partial charge in [-0.3, -0.25) is 4.79 Å². The number of para-hydroxylation sites is 2. The minimum Gasteiger partial charge on any atom is -0.381 e. The number of imidazole rings is 1. The van der Waals surface area contributed by atoms with Gasteiger partial charge >= 0.3 is 0 Å². The molecule has 2 saturated heterocycles. The summed E-state index contributed by atoms with van der Waals surface area (Å²) in [6.07, 6.45) is 3.38. The lowest BCUT2D eigenvalue weighted by Crippen LogP contribution is -2.52. The molecule has 6 nitrogen and oxygen atoms in total. The lowest BCUT2D eigenvalue weighted by atomic mass is 9.78. The van der Waals surface area contributed by atoms with E-state index in [0.29, 0.717) is 25.7 Å². The first-order valence-electron chi connectivity index (χ1n) is 9.24. The molecular formula is C19H26N4O2. The van der Waals surface area contributed by atoms with E-state index in [0.717, 1.165) is 55.6 Å². The molecule has 0 unspecified atom stereocenters. The summed E-state index contributed by atoms with van der Waals surface area (Å²) in [6, 6.07) is 8.12. The largest absolute Gasteiger partial charge is 0.381 e. The Morgan fingerprint density at radius 2 is 2.00 bits per heavy atom. The van der Waals surface area contributed by atoms with Gasteiger partial charge in [0.2, 0.25) is 5.91 Å². The minimum atomic E-state index is -0.412. The van der Waals surface area contributed by atoms with E-state index in [4.69, 9.17) is 15.5 Å². The molecular weight excluding hydrogens is 316 g/mol. The number of amides is 1. The Labute approximate surface area is 147 Å². The van der Waals surface area contributed by atoms with Crippen molar-refractivity contribution in [3.8, 4) is 0 Å². The second-order valence-electron chi connectivity index (χ2n) is 7.30. The maximum absolute atomic E-state index is 13.1. The zero-order chi connectivity index (χ0) is 17.3. The predicted molar refractivity (Wildman–Crippen MR) is 96.2 cm³/mol. The summed E-state index contributed by atoms with van der Waals surface area (Å²) in [4.78, 5) is 23.2. The van der Waals surface area contributed by atoms with Crippen LogP contribution in [0.2, 0.25) is 0 Å². The van der Waals surface area contributed by atoms with Gasteiger partial charge in [-0.05, 0) is 37.8 Å². The molecule has 3 heterocycles. The van der Waals surface area contributed by atoms with Gasteiger partial charge in [0.25, 0.3) is 0 Å². The van der Waals surface area contributed by atoms with Gasteiger partial charge in [-0.2, -0.15) is 0 Å². The number of likely N-dealkylation sites (tertiary alicyclic amines) is 1. The third-order valence-electron chi connectivity index (χ3n) is 5.87. The van der Waals surface area contributed by atoms with Gasteiger partial charge in [0.15, 0.2) is 0 Å². The molecule has 0 spiro atoms. The van der Waals surface area contributed by atoms with Crippen LogP contribution < -0.4 is 5.73 Å². The van der Waals surface area contributed by atoms with Crippen LogP contribution in [0.15, 0.2) is 24.3 Å². The van der Waals surface area contributed by atoms with Crippen molar-refractivity contribution in [2.24, 2.45) is 11.1 Å². The van der Waals surface area contributed by atoms with Gasteiger partial charge in [-0.15, -0.1) is 0 Å². The number of hydrogen-bond acceptors (Lipinski definition) is 4. The highest BCUT2D eigenvalue weighted by molar-refractivity contribution is 5.83. The molecule has 134 valence electrons. The molecule has 0 aliphatic carbocycles. The first kappa shape index (κ1) is 16.5. The fourth-order valence-electron chi connectivity index (χ4n) is 4.12. The predicted octanol–water partition coefficient (Wildman–Crippen LogP) is 2.02. The van der Waals surface area contributed by atoms with Crippen molar-refractivity contribution in [3.63, 3.8) is 0 Å². The molecule has 2 aromatic rings. The summed E-state index contributed by atoms with van der Waals surface area (Å²) < 4.78 is 5.43. The Bertz CT molecular complexity index is 710. The normalized spacial score (nSPS) is 21.6. The maximum Gasteiger partial charge on any atom is 0.230 e. The van der Waals surface area contributed by atoms with Gasteiger partial charge < -0.3 is 20.4 Å². The number of fused-ring (bicyclic) bond motifs is 1. The number of nitrogens with two attached hydrogens (primary N) is 1. The van der Waals surface area contributed by atoms with E-state index in [9.17, 15) is 4.79 Å². The SMILES string of the molecule is NCC1(C(=O)N2CCC(c3nc4ccccc4[nH]3)CC2)CCOCC1. The second kappa shape index (κ2) is 6.77. The van der Waals surface area contributed by atoms with Crippen LogP contribution in [0.5, 0.6) is 0 Å². The molecule has 1 amide bonds. The first-order chi connectivity index (χ1) is 12.2. The number of hydrogen-bond donors (Lipinski definition) is 2. The molecule has 4 rings (SSSR count). The maximum atomic E-state index is 13.1. The summed E-state index contributed by atoms with van der Waals surface area (Å²) in [5.41, 5.74) is 7.67. The van der Waals surface area contributed by atoms with Gasteiger partial charge in [-0.25, -0.2) is 4.98 Å². The van der Waals surface area contributed by atoms with Crippen LogP contribution >= 0.6 is 0 Å². The number of benzene rings is 1. The number of rotatable bonds is 3. The number of aromatic nitrogens is 2. The average molecular weight is 342 g/mol. The van der Waals surface area contributed by atoms with Crippen LogP contribution in [0, 0.1) is 5.41 Å². The van der Waals surface area contributed by atoms with Crippen LogP contribution in [-0.2, 0) is 9.53 Å². The second-order valence-corrected chi connectivity index (χ2v) is 7.30. The molecule has 6 heteroatoms. The highest BCUT2D eigenvalue weighted by Gasteiger charge is 2.42. The van der Waals surface area contributed by atoms with E-state index in [-0.39, 0.29) is 5.91 Å². The third-order valence-corrected chi connectivity index (χ3v) is 5.87. The standard InChI is InChI=1S/C19H26N4O2/c20-13-19(7-11-25-12-8-19)18(24)23-9-5-14(6-10-23)17-21-15-3-1-2-4-16(15)22-17/h1-4,14H,5-13,20H2,(H,21,22). The quantitative estimate of drug-likeness (QED) is 0.894. The number of nitrogens with zero attached hydrogens (tertiary/aromatic N) is 2. The van der Waals surface area contributed by atoms with Crippen molar-refractivity contribution < 1.29 is 9.53 Å². The summed E-state index contributed by atoms with van der Waals surface area (Å²) in [5, 5.41) is 0. The monoisotopic (exact) mass is 342 g/mol. The van der Waals surface area contributed by atoms with Crippen LogP contribution in [-0.4, -0.2) is 53.6 Å². The van der Waals surface area contributed by atoms with Crippen LogP contribution in [0.1, 0.15) is 37.4 Å². The van der Waals surface area contributed by atoms with Crippen LogP contribution in [0.3, 0.4) is 0 Å². The lowest BCUT2D eigenvalue weighted by Gasteiger charge is -2.41. The van der Waals surface area contributed by atoms with E-state index in [1.165, 1.54) is 0 Å². The first-order valence-corrected chi connectivity index (χ1v) is 9.24. The molecule has 1 aromatic carbocycles. The van der Waals surface area contributed by atoms with Gasteiger partial charge in [0.05, 0.1) is 16.4 Å². The Hall–Kier alpha value is -1.92. The number of H-pyrrole nitrogens is 1. The summed E-state index contributed by atoms with van der Waals surface area (Å²) in [7, 11) is 0. The van der Waals surface area contributed by atoms with Crippen LogP contribution in [0.4, 0.5) is 0 Å². The molecule has 3 N–H and O–H groups in total. The Kier molecular flexibility index (Phi) is 4.48. The molecule has 0 bridgehead atoms. The zero-order valence-corrected chi connectivity index (χ0v) is 14.5. The number of carbonyl (C=O) groups is 1. The molecule has 25 heavy (non-hydrogen) atoms. The van der Waals surface area contributed by atoms with Crippen molar-refractivity contribution in [3.05, 3.63) is 30.1 Å². The minimum absolute atomic E-state index is 0.223.